The Bertz CT molecular complexity index is 530. The summed E-state index contributed by atoms with van der Waals surface area (Å²) in [7, 11) is 0. The van der Waals surface area contributed by atoms with E-state index in [2.05, 4.69) is 15.3 Å². The van der Waals surface area contributed by atoms with E-state index >= 15 is 0 Å². The summed E-state index contributed by atoms with van der Waals surface area (Å²) in [5, 5.41) is 2.82. The van der Waals surface area contributed by atoms with E-state index in [1.165, 1.54) is 0 Å². The van der Waals surface area contributed by atoms with Gasteiger partial charge >= 0.3 is 0 Å². The molecule has 2 aromatic rings. The van der Waals surface area contributed by atoms with Crippen LogP contribution in [0, 0.1) is 5.92 Å². The van der Waals surface area contributed by atoms with Crippen LogP contribution in [0.15, 0.2) is 24.3 Å². The topological polar surface area (TPSA) is 83.8 Å². The molecule has 1 aromatic heterocycles. The third-order valence-electron chi connectivity index (χ3n) is 3.43. The lowest BCUT2D eigenvalue weighted by molar-refractivity contribution is -0.123. The number of amides is 1. The highest BCUT2D eigenvalue weighted by Crippen LogP contribution is 2.10. The Morgan fingerprint density at radius 3 is 2.89 bits per heavy atom. The first kappa shape index (κ1) is 13.5. The van der Waals surface area contributed by atoms with Gasteiger partial charge in [0.25, 0.3) is 0 Å². The Hall–Kier alpha value is -1.88. The minimum absolute atomic E-state index is 0.130. The number of hydrogen-bond acceptors (Lipinski definition) is 3. The van der Waals surface area contributed by atoms with Gasteiger partial charge in [-0.15, -0.1) is 0 Å². The Kier molecular flexibility index (Phi) is 4.16. The predicted octanol–water partition coefficient (Wildman–Crippen LogP) is 1.55. The highest BCUT2D eigenvalue weighted by Gasteiger charge is 2.19. The standard InChI is InChI=1S/C14H20N4O/c1-3-9(2)13(15)14(19)16-8-12-17-10-6-4-5-7-11(10)18-12/h4-7,9,13H,3,8,15H2,1-2H3,(H,16,19)(H,17,18)/t9-,13+/m0/s1. The number of carbonyl (C=O) groups is 1. The molecule has 102 valence electrons. The van der Waals surface area contributed by atoms with Crippen molar-refractivity contribution < 1.29 is 4.79 Å². The molecule has 0 fully saturated rings. The minimum atomic E-state index is -0.464. The SMILES string of the molecule is CC[C@H](C)[C@@H](N)C(=O)NCc1nc2ccccc2[nH]1. The molecule has 4 N–H and O–H groups in total. The normalized spacial score (nSPS) is 14.3. The van der Waals surface area contributed by atoms with E-state index in [4.69, 9.17) is 5.73 Å². The van der Waals surface area contributed by atoms with Crippen molar-refractivity contribution in [2.24, 2.45) is 11.7 Å². The Morgan fingerprint density at radius 2 is 2.21 bits per heavy atom. The van der Waals surface area contributed by atoms with Gasteiger partial charge in [-0.3, -0.25) is 4.79 Å². The van der Waals surface area contributed by atoms with Crippen molar-refractivity contribution in [2.45, 2.75) is 32.9 Å². The van der Waals surface area contributed by atoms with Gasteiger partial charge in [-0.25, -0.2) is 4.98 Å². The number of imidazole rings is 1. The number of benzene rings is 1. The number of fused-ring (bicyclic) bond motifs is 1. The molecule has 2 atom stereocenters. The number of para-hydroxylation sites is 2. The number of H-pyrrole nitrogens is 1. The Morgan fingerprint density at radius 1 is 1.47 bits per heavy atom. The second kappa shape index (κ2) is 5.84. The molecule has 0 aliphatic heterocycles. The first-order chi connectivity index (χ1) is 9.11. The maximum atomic E-state index is 11.9. The summed E-state index contributed by atoms with van der Waals surface area (Å²) in [6.07, 6.45) is 0.888. The molecule has 0 aliphatic rings. The van der Waals surface area contributed by atoms with Gasteiger partial charge < -0.3 is 16.0 Å². The van der Waals surface area contributed by atoms with Crippen LogP contribution in [0.2, 0.25) is 0 Å². The molecule has 0 spiro atoms. The van der Waals surface area contributed by atoms with Crippen LogP contribution in [0.4, 0.5) is 0 Å². The summed E-state index contributed by atoms with van der Waals surface area (Å²) < 4.78 is 0. The van der Waals surface area contributed by atoms with Crippen LogP contribution < -0.4 is 11.1 Å². The molecule has 0 radical (unpaired) electrons. The Labute approximate surface area is 112 Å². The van der Waals surface area contributed by atoms with E-state index in [0.29, 0.717) is 6.54 Å². The summed E-state index contributed by atoms with van der Waals surface area (Å²) in [6.45, 7) is 4.38. The van der Waals surface area contributed by atoms with Crippen molar-refractivity contribution in [3.63, 3.8) is 0 Å². The molecule has 1 heterocycles. The van der Waals surface area contributed by atoms with Crippen LogP contribution in [0.1, 0.15) is 26.1 Å². The average molecular weight is 260 g/mol. The molecule has 0 saturated heterocycles. The van der Waals surface area contributed by atoms with Crippen LogP contribution >= 0.6 is 0 Å². The zero-order valence-corrected chi connectivity index (χ0v) is 11.3. The zero-order chi connectivity index (χ0) is 13.8. The maximum absolute atomic E-state index is 11.9. The number of hydrogen-bond donors (Lipinski definition) is 3. The molecule has 0 unspecified atom stereocenters. The van der Waals surface area contributed by atoms with Crippen molar-refractivity contribution in [1.29, 1.82) is 0 Å². The lowest BCUT2D eigenvalue weighted by Gasteiger charge is -2.17. The summed E-state index contributed by atoms with van der Waals surface area (Å²) in [4.78, 5) is 19.4. The number of aromatic amines is 1. The highest BCUT2D eigenvalue weighted by molar-refractivity contribution is 5.81. The van der Waals surface area contributed by atoms with Crippen LogP contribution in [0.25, 0.3) is 11.0 Å². The average Bonchev–Trinajstić information content (AvgIpc) is 2.85. The van der Waals surface area contributed by atoms with Gasteiger partial charge in [-0.1, -0.05) is 32.4 Å². The molecule has 5 nitrogen and oxygen atoms in total. The molecule has 19 heavy (non-hydrogen) atoms. The van der Waals surface area contributed by atoms with Gasteiger partial charge in [0.15, 0.2) is 0 Å². The molecular formula is C14H20N4O. The van der Waals surface area contributed by atoms with Crippen molar-refractivity contribution >= 4 is 16.9 Å². The number of carbonyl (C=O) groups excluding carboxylic acids is 1. The monoisotopic (exact) mass is 260 g/mol. The van der Waals surface area contributed by atoms with Crippen molar-refractivity contribution in [1.82, 2.24) is 15.3 Å². The van der Waals surface area contributed by atoms with Gasteiger partial charge in [-0.05, 0) is 18.1 Å². The molecule has 1 amide bonds. The van der Waals surface area contributed by atoms with E-state index in [0.717, 1.165) is 23.3 Å². The van der Waals surface area contributed by atoms with Crippen molar-refractivity contribution in [3.8, 4) is 0 Å². The molecular weight excluding hydrogens is 240 g/mol. The maximum Gasteiger partial charge on any atom is 0.237 e. The van der Waals surface area contributed by atoms with Crippen LogP contribution in [0.5, 0.6) is 0 Å². The summed E-state index contributed by atoms with van der Waals surface area (Å²) in [5.41, 5.74) is 7.74. The van der Waals surface area contributed by atoms with Crippen molar-refractivity contribution in [2.75, 3.05) is 0 Å². The number of nitrogens with zero attached hydrogens (tertiary/aromatic N) is 1. The van der Waals surface area contributed by atoms with Crippen molar-refractivity contribution in [3.05, 3.63) is 30.1 Å². The fourth-order valence-corrected chi connectivity index (χ4v) is 1.89. The van der Waals surface area contributed by atoms with Gasteiger partial charge in [0.05, 0.1) is 23.6 Å². The van der Waals surface area contributed by atoms with E-state index in [1.54, 1.807) is 0 Å². The number of nitrogens with one attached hydrogen (secondary N) is 2. The van der Waals surface area contributed by atoms with Crippen LogP contribution in [-0.4, -0.2) is 21.9 Å². The van der Waals surface area contributed by atoms with E-state index < -0.39 is 6.04 Å². The summed E-state index contributed by atoms with van der Waals surface area (Å²) >= 11 is 0. The molecule has 5 heteroatoms. The van der Waals surface area contributed by atoms with Gasteiger partial charge in [0, 0.05) is 0 Å². The van der Waals surface area contributed by atoms with Gasteiger partial charge in [0.2, 0.25) is 5.91 Å². The van der Waals surface area contributed by atoms with Crippen LogP contribution in [0.3, 0.4) is 0 Å². The van der Waals surface area contributed by atoms with E-state index in [-0.39, 0.29) is 11.8 Å². The smallest absolute Gasteiger partial charge is 0.237 e. The number of aromatic nitrogens is 2. The number of rotatable bonds is 5. The molecule has 2 rings (SSSR count). The van der Waals surface area contributed by atoms with Gasteiger partial charge in [0.1, 0.15) is 5.82 Å². The lowest BCUT2D eigenvalue weighted by Crippen LogP contribution is -2.44. The fourth-order valence-electron chi connectivity index (χ4n) is 1.89. The largest absolute Gasteiger partial charge is 0.348 e. The molecule has 0 bridgehead atoms. The second-order valence-corrected chi connectivity index (χ2v) is 4.83. The third kappa shape index (κ3) is 3.12. The molecule has 0 aliphatic carbocycles. The first-order valence-corrected chi connectivity index (χ1v) is 6.58. The molecule has 0 saturated carbocycles. The second-order valence-electron chi connectivity index (χ2n) is 4.83. The molecule has 1 aromatic carbocycles. The summed E-state index contributed by atoms with van der Waals surface area (Å²) in [5.74, 6) is 0.788. The van der Waals surface area contributed by atoms with Crippen LogP contribution in [-0.2, 0) is 11.3 Å². The zero-order valence-electron chi connectivity index (χ0n) is 11.3. The fraction of sp³-hybridized carbons (Fsp3) is 0.429. The third-order valence-corrected chi connectivity index (χ3v) is 3.43. The quantitative estimate of drug-likeness (QED) is 0.762. The number of nitrogens with two attached hydrogens (primary N) is 1. The highest BCUT2D eigenvalue weighted by atomic mass is 16.2. The summed E-state index contributed by atoms with van der Waals surface area (Å²) in [6, 6.07) is 7.31. The van der Waals surface area contributed by atoms with Gasteiger partial charge in [-0.2, -0.15) is 0 Å². The Balaban J connectivity index is 1.96. The minimum Gasteiger partial charge on any atom is -0.348 e. The van der Waals surface area contributed by atoms with E-state index in [9.17, 15) is 4.79 Å². The van der Waals surface area contributed by atoms with E-state index in [1.807, 2.05) is 38.1 Å². The first-order valence-electron chi connectivity index (χ1n) is 6.58. The predicted molar refractivity (Wildman–Crippen MR) is 75.4 cm³/mol. The lowest BCUT2D eigenvalue weighted by atomic mass is 9.99.